The third-order valence-corrected chi connectivity index (χ3v) is 9.16. The van der Waals surface area contributed by atoms with Gasteiger partial charge in [0.1, 0.15) is 0 Å². The van der Waals surface area contributed by atoms with Gasteiger partial charge in [0.2, 0.25) is 5.91 Å². The fraction of sp³-hybridized carbons (Fsp3) is 0.588. The predicted octanol–water partition coefficient (Wildman–Crippen LogP) is -0.120. The molecule has 3 heterocycles. The Labute approximate surface area is 171 Å². The molecule has 0 aromatic heterocycles. The van der Waals surface area contributed by atoms with Crippen molar-refractivity contribution in [3.8, 4) is 0 Å². The van der Waals surface area contributed by atoms with Gasteiger partial charge in [0.25, 0.3) is 0 Å². The number of nitrogens with one attached hydrogen (secondary N) is 2. The highest BCUT2D eigenvalue weighted by atomic mass is 32.2. The first kappa shape index (κ1) is 21.5. The van der Waals surface area contributed by atoms with E-state index in [2.05, 4.69) is 10.6 Å². The molecule has 4 atom stereocenters. The number of sulfone groups is 2. The highest BCUT2D eigenvalue weighted by Gasteiger charge is 2.54. The average Bonchev–Trinajstić information content (AvgIpc) is 3.07. The van der Waals surface area contributed by atoms with E-state index < -0.39 is 61.5 Å². The van der Waals surface area contributed by atoms with Gasteiger partial charge in [-0.2, -0.15) is 13.2 Å². The van der Waals surface area contributed by atoms with Crippen molar-refractivity contribution in [3.63, 3.8) is 0 Å². The molecule has 0 saturated carbocycles. The molecule has 13 heteroatoms. The summed E-state index contributed by atoms with van der Waals surface area (Å²) in [7, 11) is -6.70. The highest BCUT2D eigenvalue weighted by molar-refractivity contribution is 7.92. The summed E-state index contributed by atoms with van der Waals surface area (Å²) in [6.45, 7) is -0.314. The van der Waals surface area contributed by atoms with E-state index in [4.69, 9.17) is 0 Å². The zero-order valence-electron chi connectivity index (χ0n) is 15.6. The molecule has 1 amide bonds. The molecule has 0 aliphatic carbocycles. The second-order valence-electron chi connectivity index (χ2n) is 7.97. The Morgan fingerprint density at radius 3 is 2.13 bits per heavy atom. The standard InChI is InChI=1S/C17H20F3N3O5S2/c18-17(19,20)10-2-1-3-11(4-10)21-16(24)5-23-14-8-29(25,26)6-12(14)22-13-7-30(27,28)9-15(13)23/h1-4,12-15,22H,5-9H2,(H,21,24). The van der Waals surface area contributed by atoms with Gasteiger partial charge in [-0.1, -0.05) is 6.07 Å². The minimum Gasteiger partial charge on any atom is -0.325 e. The second-order valence-corrected chi connectivity index (χ2v) is 12.3. The molecule has 3 aliphatic heterocycles. The molecule has 3 saturated heterocycles. The molecular weight excluding hydrogens is 447 g/mol. The normalized spacial score (nSPS) is 32.4. The van der Waals surface area contributed by atoms with Crippen molar-refractivity contribution in [2.45, 2.75) is 30.3 Å². The molecule has 4 rings (SSSR count). The Morgan fingerprint density at radius 1 is 1.03 bits per heavy atom. The summed E-state index contributed by atoms with van der Waals surface area (Å²) in [5.74, 6) is -1.34. The lowest BCUT2D eigenvalue weighted by Gasteiger charge is -2.44. The number of piperazine rings is 1. The first-order valence-electron chi connectivity index (χ1n) is 9.23. The van der Waals surface area contributed by atoms with Gasteiger partial charge in [0, 0.05) is 29.9 Å². The lowest BCUT2D eigenvalue weighted by Crippen LogP contribution is -2.67. The zero-order valence-corrected chi connectivity index (χ0v) is 17.2. The second kappa shape index (κ2) is 7.18. The number of amides is 1. The largest absolute Gasteiger partial charge is 0.416 e. The van der Waals surface area contributed by atoms with E-state index >= 15 is 0 Å². The average molecular weight is 467 g/mol. The summed E-state index contributed by atoms with van der Waals surface area (Å²) in [4.78, 5) is 14.2. The van der Waals surface area contributed by atoms with E-state index in [-0.39, 0.29) is 35.2 Å². The highest BCUT2D eigenvalue weighted by Crippen LogP contribution is 2.32. The molecule has 3 aliphatic rings. The molecule has 30 heavy (non-hydrogen) atoms. The maximum atomic E-state index is 12.9. The summed E-state index contributed by atoms with van der Waals surface area (Å²) in [6.07, 6.45) is -4.56. The van der Waals surface area contributed by atoms with Gasteiger partial charge >= 0.3 is 6.18 Å². The lowest BCUT2D eigenvalue weighted by atomic mass is 9.97. The lowest BCUT2D eigenvalue weighted by molar-refractivity contribution is -0.137. The van der Waals surface area contributed by atoms with Crippen LogP contribution < -0.4 is 10.6 Å². The van der Waals surface area contributed by atoms with E-state index in [1.165, 1.54) is 12.1 Å². The molecule has 0 spiro atoms. The van der Waals surface area contributed by atoms with Gasteiger partial charge in [-0.25, -0.2) is 16.8 Å². The number of carbonyl (C=O) groups is 1. The van der Waals surface area contributed by atoms with Crippen LogP contribution in [0, 0.1) is 0 Å². The van der Waals surface area contributed by atoms with Crippen LogP contribution in [0.25, 0.3) is 0 Å². The first-order valence-corrected chi connectivity index (χ1v) is 12.9. The topological polar surface area (TPSA) is 113 Å². The molecule has 4 unspecified atom stereocenters. The first-order chi connectivity index (χ1) is 13.8. The fourth-order valence-corrected chi connectivity index (χ4v) is 8.42. The van der Waals surface area contributed by atoms with Crippen molar-refractivity contribution in [1.29, 1.82) is 0 Å². The van der Waals surface area contributed by atoms with Crippen molar-refractivity contribution >= 4 is 31.3 Å². The summed E-state index contributed by atoms with van der Waals surface area (Å²) in [6, 6.07) is 2.04. The number of benzene rings is 1. The Morgan fingerprint density at radius 2 is 1.60 bits per heavy atom. The number of hydrogen-bond acceptors (Lipinski definition) is 7. The van der Waals surface area contributed by atoms with E-state index in [0.29, 0.717) is 0 Å². The van der Waals surface area contributed by atoms with Crippen molar-refractivity contribution in [1.82, 2.24) is 10.2 Å². The Kier molecular flexibility index (Phi) is 5.15. The molecule has 166 valence electrons. The van der Waals surface area contributed by atoms with Crippen LogP contribution in [-0.2, 0) is 30.6 Å². The SMILES string of the molecule is O=C(CN1C2CS(=O)(=O)CC2NC2CS(=O)(=O)CC21)Nc1cccc(C(F)(F)F)c1. The number of fused-ring (bicyclic) bond motifs is 2. The monoisotopic (exact) mass is 467 g/mol. The number of hydrogen-bond donors (Lipinski definition) is 2. The summed E-state index contributed by atoms with van der Waals surface area (Å²) >= 11 is 0. The number of anilines is 1. The maximum Gasteiger partial charge on any atom is 0.416 e. The van der Waals surface area contributed by atoms with Crippen LogP contribution >= 0.6 is 0 Å². The van der Waals surface area contributed by atoms with Crippen molar-refractivity contribution < 1.29 is 34.8 Å². The predicted molar refractivity (Wildman–Crippen MR) is 102 cm³/mol. The van der Waals surface area contributed by atoms with Crippen molar-refractivity contribution in [2.75, 3.05) is 34.9 Å². The molecule has 8 nitrogen and oxygen atoms in total. The number of halogens is 3. The van der Waals surface area contributed by atoms with Crippen LogP contribution in [0.4, 0.5) is 18.9 Å². The maximum absolute atomic E-state index is 12.9. The molecule has 0 radical (unpaired) electrons. The van der Waals surface area contributed by atoms with Crippen molar-refractivity contribution in [2.24, 2.45) is 0 Å². The van der Waals surface area contributed by atoms with E-state index in [1.807, 2.05) is 0 Å². The zero-order chi connectivity index (χ0) is 21.9. The van der Waals surface area contributed by atoms with E-state index in [1.54, 1.807) is 4.90 Å². The number of alkyl halides is 3. The third kappa shape index (κ3) is 4.34. The summed E-state index contributed by atoms with van der Waals surface area (Å²) in [5, 5.41) is 5.51. The van der Waals surface area contributed by atoms with Crippen LogP contribution in [-0.4, -0.2) is 81.4 Å². The van der Waals surface area contributed by atoms with Crippen LogP contribution in [0.1, 0.15) is 5.56 Å². The Bertz CT molecular complexity index is 1030. The van der Waals surface area contributed by atoms with Gasteiger partial charge < -0.3 is 10.6 Å². The Balaban J connectivity index is 1.54. The molecular formula is C17H20F3N3O5S2. The van der Waals surface area contributed by atoms with E-state index in [9.17, 15) is 34.8 Å². The molecule has 3 fully saturated rings. The van der Waals surface area contributed by atoms with Crippen LogP contribution in [0.2, 0.25) is 0 Å². The van der Waals surface area contributed by atoms with Gasteiger partial charge in [-0.3, -0.25) is 9.69 Å². The minimum atomic E-state index is -4.56. The minimum absolute atomic E-state index is 0.0452. The number of nitrogens with zero attached hydrogens (tertiary/aromatic N) is 1. The smallest absolute Gasteiger partial charge is 0.325 e. The molecule has 0 bridgehead atoms. The molecule has 1 aromatic carbocycles. The Hall–Kier alpha value is -1.70. The fourth-order valence-electron chi connectivity index (χ4n) is 4.53. The third-order valence-electron chi connectivity index (χ3n) is 5.73. The molecule has 2 N–H and O–H groups in total. The van der Waals surface area contributed by atoms with E-state index in [0.717, 1.165) is 12.1 Å². The summed E-state index contributed by atoms with van der Waals surface area (Å²) in [5.41, 5.74) is -0.956. The van der Waals surface area contributed by atoms with Crippen LogP contribution in [0.5, 0.6) is 0 Å². The van der Waals surface area contributed by atoms with Gasteiger partial charge in [0.15, 0.2) is 19.7 Å². The van der Waals surface area contributed by atoms with Gasteiger partial charge in [-0.15, -0.1) is 0 Å². The van der Waals surface area contributed by atoms with Crippen molar-refractivity contribution in [3.05, 3.63) is 29.8 Å². The van der Waals surface area contributed by atoms with Gasteiger partial charge in [0.05, 0.1) is 35.1 Å². The summed E-state index contributed by atoms with van der Waals surface area (Å²) < 4.78 is 87.1. The van der Waals surface area contributed by atoms with Crippen LogP contribution in [0.3, 0.4) is 0 Å². The van der Waals surface area contributed by atoms with Crippen LogP contribution in [0.15, 0.2) is 24.3 Å². The quantitative estimate of drug-likeness (QED) is 0.637. The molecule has 1 aromatic rings. The number of carbonyl (C=O) groups excluding carboxylic acids is 1. The number of rotatable bonds is 3. The van der Waals surface area contributed by atoms with Gasteiger partial charge in [-0.05, 0) is 18.2 Å².